The summed E-state index contributed by atoms with van der Waals surface area (Å²) >= 11 is 0. The Morgan fingerprint density at radius 2 is 2.10 bits per heavy atom. The number of hydrogen-bond acceptors (Lipinski definition) is 6. The highest BCUT2D eigenvalue weighted by Crippen LogP contribution is 2.10. The van der Waals surface area contributed by atoms with Crippen molar-refractivity contribution in [3.63, 3.8) is 0 Å². The second kappa shape index (κ2) is 7.14. The van der Waals surface area contributed by atoms with Gasteiger partial charge in [0.1, 0.15) is 22.9 Å². The number of hydrogen-bond donors (Lipinski definition) is 3. The molecule has 3 N–H and O–H groups in total. The summed E-state index contributed by atoms with van der Waals surface area (Å²) in [5.41, 5.74) is 0. The molecule has 0 amide bonds. The molecule has 0 spiro atoms. The van der Waals surface area contributed by atoms with Crippen molar-refractivity contribution in [2.75, 3.05) is 18.4 Å². The fourth-order valence-electron chi connectivity index (χ4n) is 1.64. The van der Waals surface area contributed by atoms with Crippen LogP contribution in [0.25, 0.3) is 0 Å². The first-order valence-corrected chi connectivity index (χ1v) is 8.14. The normalized spacial score (nSPS) is 11.5. The molecule has 0 aliphatic rings. The molecule has 8 nitrogen and oxygen atoms in total. The van der Waals surface area contributed by atoms with Gasteiger partial charge in [-0.25, -0.2) is 23.1 Å². The van der Waals surface area contributed by atoms with Gasteiger partial charge in [0, 0.05) is 25.7 Å². The van der Waals surface area contributed by atoms with E-state index in [1.807, 2.05) is 6.92 Å². The summed E-state index contributed by atoms with van der Waals surface area (Å²) < 4.78 is 26.6. The monoisotopic (exact) mass is 310 g/mol. The molecule has 0 aromatic carbocycles. The van der Waals surface area contributed by atoms with Crippen LogP contribution in [0.5, 0.6) is 0 Å². The highest BCUT2D eigenvalue weighted by atomic mass is 32.2. The average molecular weight is 310 g/mol. The summed E-state index contributed by atoms with van der Waals surface area (Å²) in [7, 11) is -3.55. The topological polar surface area (TPSA) is 113 Å². The Hall–Kier alpha value is -2.00. The minimum atomic E-state index is -3.55. The lowest BCUT2D eigenvalue weighted by Crippen LogP contribution is -2.26. The Morgan fingerprint density at radius 3 is 2.71 bits per heavy atom. The van der Waals surface area contributed by atoms with Gasteiger partial charge < -0.3 is 5.32 Å². The minimum Gasteiger partial charge on any atom is -0.370 e. The van der Waals surface area contributed by atoms with Crippen molar-refractivity contribution in [3.8, 4) is 0 Å². The van der Waals surface area contributed by atoms with Gasteiger partial charge in [-0.2, -0.15) is 5.10 Å². The van der Waals surface area contributed by atoms with Crippen molar-refractivity contribution in [1.29, 1.82) is 0 Å². The zero-order chi connectivity index (χ0) is 15.1. The number of sulfonamides is 1. The molecule has 0 unspecified atom stereocenters. The molecular weight excluding hydrogens is 292 g/mol. The highest BCUT2D eigenvalue weighted by molar-refractivity contribution is 7.89. The lowest BCUT2D eigenvalue weighted by Gasteiger charge is -2.07. The zero-order valence-corrected chi connectivity index (χ0v) is 12.5. The van der Waals surface area contributed by atoms with E-state index in [1.165, 1.54) is 18.6 Å². The van der Waals surface area contributed by atoms with Crippen LogP contribution in [0.2, 0.25) is 0 Å². The number of anilines is 1. The van der Waals surface area contributed by atoms with Crippen LogP contribution in [0.3, 0.4) is 0 Å². The molecule has 0 fully saturated rings. The first kappa shape index (κ1) is 15.4. The van der Waals surface area contributed by atoms with Crippen LogP contribution in [0.1, 0.15) is 19.2 Å². The number of nitrogens with one attached hydrogen (secondary N) is 3. The first-order chi connectivity index (χ1) is 10.1. The van der Waals surface area contributed by atoms with Gasteiger partial charge >= 0.3 is 0 Å². The molecule has 0 saturated carbocycles. The van der Waals surface area contributed by atoms with Crippen LogP contribution >= 0.6 is 0 Å². The summed E-state index contributed by atoms with van der Waals surface area (Å²) in [5, 5.41) is 9.46. The summed E-state index contributed by atoms with van der Waals surface area (Å²) in [6.45, 7) is 3.09. The predicted molar refractivity (Wildman–Crippen MR) is 78.3 cm³/mol. The third-order valence-corrected chi connectivity index (χ3v) is 4.17. The standard InChI is InChI=1S/C12H18N6O2S/c1-2-6-13-11-4-3-10(8-14-11)21(19,20)17-7-5-12-15-9-16-18-12/h3-4,8-9,17H,2,5-7H2,1H3,(H,13,14)(H,15,16,18). The maximum absolute atomic E-state index is 12.1. The van der Waals surface area contributed by atoms with Crippen LogP contribution < -0.4 is 10.0 Å². The smallest absolute Gasteiger partial charge is 0.242 e. The fraction of sp³-hybridized carbons (Fsp3) is 0.417. The molecule has 0 saturated heterocycles. The largest absolute Gasteiger partial charge is 0.370 e. The molecule has 0 aliphatic heterocycles. The Kier molecular flexibility index (Phi) is 5.23. The number of aromatic nitrogens is 4. The molecule has 9 heteroatoms. The summed E-state index contributed by atoms with van der Waals surface area (Å²) in [6.07, 6.45) is 4.15. The van der Waals surface area contributed by atoms with E-state index in [-0.39, 0.29) is 11.4 Å². The van der Waals surface area contributed by atoms with Gasteiger partial charge in [-0.3, -0.25) is 5.10 Å². The zero-order valence-electron chi connectivity index (χ0n) is 11.7. The number of rotatable bonds is 8. The molecule has 114 valence electrons. The van der Waals surface area contributed by atoms with Crippen LogP contribution in [0.15, 0.2) is 29.6 Å². The molecular formula is C12H18N6O2S. The van der Waals surface area contributed by atoms with E-state index in [4.69, 9.17) is 0 Å². The lowest BCUT2D eigenvalue weighted by molar-refractivity contribution is 0.580. The van der Waals surface area contributed by atoms with Gasteiger partial charge in [0.15, 0.2) is 0 Å². The second-order valence-electron chi connectivity index (χ2n) is 4.39. The number of pyridine rings is 1. The maximum atomic E-state index is 12.1. The van der Waals surface area contributed by atoms with E-state index < -0.39 is 10.0 Å². The molecule has 2 aromatic rings. The molecule has 2 heterocycles. The van der Waals surface area contributed by atoms with Crippen molar-refractivity contribution in [2.24, 2.45) is 0 Å². The minimum absolute atomic E-state index is 0.141. The lowest BCUT2D eigenvalue weighted by atomic mass is 10.4. The summed E-state index contributed by atoms with van der Waals surface area (Å²) in [6, 6.07) is 3.18. The van der Waals surface area contributed by atoms with Crippen LogP contribution in [-0.4, -0.2) is 41.7 Å². The molecule has 0 atom stereocenters. The second-order valence-corrected chi connectivity index (χ2v) is 6.15. The molecule has 0 bridgehead atoms. The third kappa shape index (κ3) is 4.50. The molecule has 21 heavy (non-hydrogen) atoms. The molecule has 0 aliphatic carbocycles. The van der Waals surface area contributed by atoms with Crippen molar-refractivity contribution in [2.45, 2.75) is 24.7 Å². The number of H-pyrrole nitrogens is 1. The van der Waals surface area contributed by atoms with Gasteiger partial charge in [-0.15, -0.1) is 0 Å². The van der Waals surface area contributed by atoms with E-state index in [0.717, 1.165) is 13.0 Å². The predicted octanol–water partition coefficient (Wildman–Crippen LogP) is 0.543. The summed E-state index contributed by atoms with van der Waals surface area (Å²) in [4.78, 5) is 8.15. The van der Waals surface area contributed by atoms with Crippen LogP contribution in [0, 0.1) is 0 Å². The van der Waals surface area contributed by atoms with Gasteiger partial charge in [0.2, 0.25) is 10.0 Å². The molecule has 2 rings (SSSR count). The Morgan fingerprint density at radius 1 is 1.24 bits per heavy atom. The highest BCUT2D eigenvalue weighted by Gasteiger charge is 2.14. The Balaban J connectivity index is 1.92. The van der Waals surface area contributed by atoms with Crippen LogP contribution in [0.4, 0.5) is 5.82 Å². The number of aromatic amines is 1. The Bertz CT molecular complexity index is 639. The first-order valence-electron chi connectivity index (χ1n) is 6.65. The van der Waals surface area contributed by atoms with Crippen molar-refractivity contribution in [1.82, 2.24) is 24.9 Å². The Labute approximate surface area is 123 Å². The van der Waals surface area contributed by atoms with Gasteiger partial charge in [0.05, 0.1) is 0 Å². The fourth-order valence-corrected chi connectivity index (χ4v) is 2.61. The van der Waals surface area contributed by atoms with Gasteiger partial charge in [0.25, 0.3) is 0 Å². The molecule has 0 radical (unpaired) electrons. The van der Waals surface area contributed by atoms with E-state index in [2.05, 4.69) is 30.2 Å². The maximum Gasteiger partial charge on any atom is 0.242 e. The SMILES string of the molecule is CCCNc1ccc(S(=O)(=O)NCCc2ncn[nH]2)cn1. The van der Waals surface area contributed by atoms with E-state index in [9.17, 15) is 8.42 Å². The van der Waals surface area contributed by atoms with Crippen LogP contribution in [-0.2, 0) is 16.4 Å². The van der Waals surface area contributed by atoms with E-state index in [0.29, 0.717) is 18.1 Å². The number of nitrogens with zero attached hydrogens (tertiary/aromatic N) is 3. The summed E-state index contributed by atoms with van der Waals surface area (Å²) in [5.74, 6) is 1.30. The van der Waals surface area contributed by atoms with Gasteiger partial charge in [-0.1, -0.05) is 6.92 Å². The molecule has 2 aromatic heterocycles. The van der Waals surface area contributed by atoms with Gasteiger partial charge in [-0.05, 0) is 18.6 Å². The van der Waals surface area contributed by atoms with E-state index >= 15 is 0 Å². The van der Waals surface area contributed by atoms with Crippen molar-refractivity contribution in [3.05, 3.63) is 30.5 Å². The van der Waals surface area contributed by atoms with Crippen molar-refractivity contribution >= 4 is 15.8 Å². The quantitative estimate of drug-likeness (QED) is 0.656. The van der Waals surface area contributed by atoms with E-state index in [1.54, 1.807) is 6.07 Å². The van der Waals surface area contributed by atoms with Crippen molar-refractivity contribution < 1.29 is 8.42 Å². The third-order valence-electron chi connectivity index (χ3n) is 2.72. The average Bonchev–Trinajstić information content (AvgIpc) is 2.98.